The maximum absolute atomic E-state index is 11.5. The molecule has 1 aliphatic rings. The van der Waals surface area contributed by atoms with Gasteiger partial charge in [-0.25, -0.2) is 4.79 Å². The predicted molar refractivity (Wildman–Crippen MR) is 62.1 cm³/mol. The van der Waals surface area contributed by atoms with Gasteiger partial charge in [-0.1, -0.05) is 13.8 Å². The molecule has 0 saturated carbocycles. The lowest BCUT2D eigenvalue weighted by Crippen LogP contribution is -2.34. The van der Waals surface area contributed by atoms with Gasteiger partial charge in [0, 0.05) is 13.6 Å². The van der Waals surface area contributed by atoms with Crippen molar-refractivity contribution in [1.82, 2.24) is 15.1 Å². The van der Waals surface area contributed by atoms with Gasteiger partial charge in [-0.3, -0.25) is 9.69 Å². The van der Waals surface area contributed by atoms with Gasteiger partial charge in [0.25, 0.3) is 0 Å². The number of rotatable bonds is 6. The molecule has 0 bridgehead atoms. The zero-order valence-electron chi connectivity index (χ0n) is 10.3. The topological polar surface area (TPSA) is 52.7 Å². The van der Waals surface area contributed by atoms with Gasteiger partial charge in [-0.05, 0) is 25.4 Å². The molecule has 0 aromatic carbocycles. The van der Waals surface area contributed by atoms with Gasteiger partial charge in [-0.15, -0.1) is 0 Å². The van der Waals surface area contributed by atoms with E-state index in [-0.39, 0.29) is 18.5 Å². The summed E-state index contributed by atoms with van der Waals surface area (Å²) in [5.74, 6) is 0.539. The Balaban J connectivity index is 2.18. The fourth-order valence-corrected chi connectivity index (χ4v) is 1.64. The van der Waals surface area contributed by atoms with E-state index in [0.29, 0.717) is 12.5 Å². The van der Waals surface area contributed by atoms with E-state index >= 15 is 0 Å². The summed E-state index contributed by atoms with van der Waals surface area (Å²) in [6, 6.07) is -0.172. The highest BCUT2D eigenvalue weighted by Gasteiger charge is 2.32. The monoisotopic (exact) mass is 227 g/mol. The molecule has 3 amide bonds. The van der Waals surface area contributed by atoms with Crippen molar-refractivity contribution >= 4 is 11.9 Å². The van der Waals surface area contributed by atoms with Crippen LogP contribution in [0.2, 0.25) is 0 Å². The zero-order chi connectivity index (χ0) is 12.1. The molecular formula is C11H21N3O2. The Morgan fingerprint density at radius 2 is 2.06 bits per heavy atom. The van der Waals surface area contributed by atoms with Crippen LogP contribution in [0.15, 0.2) is 0 Å². The number of hydrogen-bond acceptors (Lipinski definition) is 3. The lowest BCUT2D eigenvalue weighted by atomic mass is 10.2. The molecule has 0 unspecified atom stereocenters. The number of urea groups is 1. The molecule has 1 rings (SSSR count). The first-order valence-electron chi connectivity index (χ1n) is 5.78. The molecule has 1 fully saturated rings. The number of nitrogens with zero attached hydrogens (tertiary/aromatic N) is 2. The lowest BCUT2D eigenvalue weighted by molar-refractivity contribution is -0.125. The second-order valence-corrected chi connectivity index (χ2v) is 4.64. The standard InChI is InChI=1S/C11H21N3O2/c1-9(2)7-12-5-4-6-14-10(15)8-13(3)11(14)16/h9,12H,4-8H2,1-3H3. The van der Waals surface area contributed by atoms with Gasteiger partial charge >= 0.3 is 6.03 Å². The summed E-state index contributed by atoms with van der Waals surface area (Å²) in [5.41, 5.74) is 0. The molecule has 0 aliphatic carbocycles. The Kier molecular flexibility index (Phi) is 4.73. The molecule has 1 aliphatic heterocycles. The van der Waals surface area contributed by atoms with Crippen LogP contribution in [0, 0.1) is 5.92 Å². The van der Waals surface area contributed by atoms with Crippen LogP contribution in [-0.2, 0) is 4.79 Å². The van der Waals surface area contributed by atoms with Gasteiger partial charge < -0.3 is 10.2 Å². The zero-order valence-corrected chi connectivity index (χ0v) is 10.3. The first-order valence-corrected chi connectivity index (χ1v) is 5.78. The van der Waals surface area contributed by atoms with Gasteiger partial charge in [0.2, 0.25) is 5.91 Å². The third-order valence-electron chi connectivity index (χ3n) is 2.52. The van der Waals surface area contributed by atoms with Gasteiger partial charge in [-0.2, -0.15) is 0 Å². The summed E-state index contributed by atoms with van der Waals surface area (Å²) in [7, 11) is 1.65. The van der Waals surface area contributed by atoms with E-state index in [1.54, 1.807) is 7.05 Å². The molecule has 5 nitrogen and oxygen atoms in total. The smallest absolute Gasteiger partial charge is 0.318 e. The minimum atomic E-state index is -0.172. The second-order valence-electron chi connectivity index (χ2n) is 4.64. The van der Waals surface area contributed by atoms with Crippen LogP contribution in [0.25, 0.3) is 0 Å². The van der Waals surface area contributed by atoms with Crippen LogP contribution in [0.1, 0.15) is 20.3 Å². The summed E-state index contributed by atoms with van der Waals surface area (Å²) < 4.78 is 0. The third kappa shape index (κ3) is 3.48. The molecule has 1 heterocycles. The fraction of sp³-hybridized carbons (Fsp3) is 0.818. The summed E-state index contributed by atoms with van der Waals surface area (Å²) in [4.78, 5) is 25.7. The molecule has 5 heteroatoms. The van der Waals surface area contributed by atoms with Gasteiger partial charge in [0.1, 0.15) is 6.54 Å². The Bertz CT molecular complexity index is 266. The number of imide groups is 1. The summed E-state index contributed by atoms with van der Waals surface area (Å²) >= 11 is 0. The highest BCUT2D eigenvalue weighted by Crippen LogP contribution is 2.07. The Hall–Kier alpha value is -1.10. The second kappa shape index (κ2) is 5.84. The fourth-order valence-electron chi connectivity index (χ4n) is 1.64. The number of likely N-dealkylation sites (N-methyl/N-ethyl adjacent to an activating group) is 1. The molecule has 0 spiro atoms. The van der Waals surface area contributed by atoms with Crippen LogP contribution in [0.5, 0.6) is 0 Å². The number of nitrogens with one attached hydrogen (secondary N) is 1. The molecule has 0 radical (unpaired) electrons. The largest absolute Gasteiger partial charge is 0.326 e. The normalized spacial score (nSPS) is 16.8. The summed E-state index contributed by atoms with van der Waals surface area (Å²) in [5, 5.41) is 3.29. The minimum absolute atomic E-state index is 0.0867. The quantitative estimate of drug-likeness (QED) is 0.531. The molecule has 0 aromatic heterocycles. The molecule has 1 saturated heterocycles. The van der Waals surface area contributed by atoms with E-state index in [1.807, 2.05) is 0 Å². The first kappa shape index (κ1) is 13.0. The van der Waals surface area contributed by atoms with Gasteiger partial charge in [0.05, 0.1) is 0 Å². The van der Waals surface area contributed by atoms with E-state index in [0.717, 1.165) is 19.5 Å². The van der Waals surface area contributed by atoms with Crippen molar-refractivity contribution in [2.75, 3.05) is 33.2 Å². The predicted octanol–water partition coefficient (Wildman–Crippen LogP) is 0.516. The SMILES string of the molecule is CC(C)CNCCCN1C(=O)CN(C)C1=O. The van der Waals surface area contributed by atoms with Crippen molar-refractivity contribution in [2.24, 2.45) is 5.92 Å². The van der Waals surface area contributed by atoms with Crippen LogP contribution >= 0.6 is 0 Å². The van der Waals surface area contributed by atoms with Crippen molar-refractivity contribution < 1.29 is 9.59 Å². The summed E-state index contributed by atoms with van der Waals surface area (Å²) in [6.45, 7) is 6.86. The maximum atomic E-state index is 11.5. The number of amides is 3. The van der Waals surface area contributed by atoms with Crippen molar-refractivity contribution in [3.05, 3.63) is 0 Å². The molecular weight excluding hydrogens is 206 g/mol. The van der Waals surface area contributed by atoms with E-state index in [1.165, 1.54) is 9.80 Å². The number of carbonyl (C=O) groups excluding carboxylic acids is 2. The first-order chi connectivity index (χ1) is 7.52. The Labute approximate surface area is 96.8 Å². The molecule has 16 heavy (non-hydrogen) atoms. The Morgan fingerprint density at radius 1 is 1.38 bits per heavy atom. The minimum Gasteiger partial charge on any atom is -0.318 e. The molecule has 92 valence electrons. The van der Waals surface area contributed by atoms with Crippen molar-refractivity contribution in [1.29, 1.82) is 0 Å². The van der Waals surface area contributed by atoms with Crippen LogP contribution in [0.4, 0.5) is 4.79 Å². The van der Waals surface area contributed by atoms with Crippen molar-refractivity contribution in [3.8, 4) is 0 Å². The van der Waals surface area contributed by atoms with Crippen molar-refractivity contribution in [2.45, 2.75) is 20.3 Å². The lowest BCUT2D eigenvalue weighted by Gasteiger charge is -2.14. The molecule has 0 aromatic rings. The summed E-state index contributed by atoms with van der Waals surface area (Å²) in [6.07, 6.45) is 0.818. The highest BCUT2D eigenvalue weighted by atomic mass is 16.2. The average Bonchev–Trinajstić information content (AvgIpc) is 2.43. The van der Waals surface area contributed by atoms with Crippen molar-refractivity contribution in [3.63, 3.8) is 0 Å². The maximum Gasteiger partial charge on any atom is 0.326 e. The van der Waals surface area contributed by atoms with Crippen LogP contribution in [-0.4, -0.2) is 55.0 Å². The van der Waals surface area contributed by atoms with E-state index in [2.05, 4.69) is 19.2 Å². The van der Waals surface area contributed by atoms with E-state index < -0.39 is 0 Å². The third-order valence-corrected chi connectivity index (χ3v) is 2.52. The number of carbonyl (C=O) groups is 2. The number of hydrogen-bond donors (Lipinski definition) is 1. The molecule has 1 N–H and O–H groups in total. The van der Waals surface area contributed by atoms with E-state index in [9.17, 15) is 9.59 Å². The van der Waals surface area contributed by atoms with Gasteiger partial charge in [0.15, 0.2) is 0 Å². The highest BCUT2D eigenvalue weighted by molar-refractivity contribution is 6.01. The van der Waals surface area contributed by atoms with Crippen LogP contribution < -0.4 is 5.32 Å². The average molecular weight is 227 g/mol. The van der Waals surface area contributed by atoms with Crippen LogP contribution in [0.3, 0.4) is 0 Å². The van der Waals surface area contributed by atoms with E-state index in [4.69, 9.17) is 0 Å². The molecule has 0 atom stereocenters. The Morgan fingerprint density at radius 3 is 2.56 bits per heavy atom.